The van der Waals surface area contributed by atoms with Gasteiger partial charge in [-0.3, -0.25) is 4.68 Å². The molecule has 0 spiro atoms. The van der Waals surface area contributed by atoms with Gasteiger partial charge in [0.15, 0.2) is 0 Å². The fraction of sp³-hybridized carbons (Fsp3) is 0.438. The molecule has 0 radical (unpaired) electrons. The zero-order valence-corrected chi connectivity index (χ0v) is 14.1. The van der Waals surface area contributed by atoms with Gasteiger partial charge in [0.05, 0.1) is 21.5 Å². The second-order valence-electron chi connectivity index (χ2n) is 5.64. The summed E-state index contributed by atoms with van der Waals surface area (Å²) in [5.41, 5.74) is 1.70. The Morgan fingerprint density at radius 1 is 1.38 bits per heavy atom. The number of aryl methyl sites for hydroxylation is 2. The van der Waals surface area contributed by atoms with E-state index in [1.807, 2.05) is 24.6 Å². The molecule has 2 aromatic rings. The summed E-state index contributed by atoms with van der Waals surface area (Å²) in [6.45, 7) is 6.47. The smallest absolute Gasteiger partial charge is 0.123 e. The highest BCUT2D eigenvalue weighted by atomic mass is 79.9. The molecule has 1 N–H and O–H groups in total. The number of rotatable bonds is 5. The van der Waals surface area contributed by atoms with Crippen molar-refractivity contribution < 1.29 is 9.50 Å². The van der Waals surface area contributed by atoms with Gasteiger partial charge in [-0.15, -0.1) is 0 Å². The molecule has 0 saturated heterocycles. The van der Waals surface area contributed by atoms with E-state index in [1.165, 1.54) is 12.1 Å². The highest BCUT2D eigenvalue weighted by molar-refractivity contribution is 9.10. The average Bonchev–Trinajstić information content (AvgIpc) is 2.65. The van der Waals surface area contributed by atoms with Crippen molar-refractivity contribution in [3.8, 4) is 0 Å². The number of hydrogen-bond donors (Lipinski definition) is 1. The molecule has 0 fully saturated rings. The number of hydrogen-bond acceptors (Lipinski definition) is 2. The van der Waals surface area contributed by atoms with Crippen molar-refractivity contribution in [1.29, 1.82) is 0 Å². The third kappa shape index (κ3) is 3.92. The summed E-state index contributed by atoms with van der Waals surface area (Å²) in [6.07, 6.45) is 0.851. The number of aliphatic hydroxyl groups is 1. The van der Waals surface area contributed by atoms with Crippen molar-refractivity contribution in [3.63, 3.8) is 0 Å². The summed E-state index contributed by atoms with van der Waals surface area (Å²) in [5, 5.41) is 15.1. The molecule has 0 amide bonds. The molecule has 1 heterocycles. The normalized spacial score (nSPS) is 14.2. The lowest BCUT2D eigenvalue weighted by Crippen LogP contribution is -2.31. The lowest BCUT2D eigenvalue weighted by molar-refractivity contribution is 0.0584. The Morgan fingerprint density at radius 3 is 2.71 bits per heavy atom. The Balaban J connectivity index is 2.21. The third-order valence-corrected chi connectivity index (χ3v) is 4.51. The molecule has 0 aliphatic heterocycles. The maximum Gasteiger partial charge on any atom is 0.123 e. The molecule has 3 nitrogen and oxygen atoms in total. The van der Waals surface area contributed by atoms with Crippen LogP contribution in [0.5, 0.6) is 0 Å². The number of nitrogens with zero attached hydrogens (tertiary/aromatic N) is 2. The number of benzene rings is 1. The largest absolute Gasteiger partial charge is 0.389 e. The van der Waals surface area contributed by atoms with Gasteiger partial charge in [-0.05, 0) is 54.4 Å². The lowest BCUT2D eigenvalue weighted by Gasteiger charge is -2.24. The molecule has 5 heteroatoms. The van der Waals surface area contributed by atoms with Crippen LogP contribution in [0.25, 0.3) is 0 Å². The van der Waals surface area contributed by atoms with Gasteiger partial charge >= 0.3 is 0 Å². The highest BCUT2D eigenvalue weighted by Gasteiger charge is 2.26. The lowest BCUT2D eigenvalue weighted by atomic mass is 9.91. The summed E-state index contributed by atoms with van der Waals surface area (Å²) >= 11 is 3.54. The molecule has 114 valence electrons. The SMILES string of the molecule is CCn1nc(C)c(Br)c1CC(C)(O)Cc1cccc(F)c1. The van der Waals surface area contributed by atoms with Crippen LogP contribution in [0.1, 0.15) is 30.8 Å². The van der Waals surface area contributed by atoms with Crippen molar-refractivity contribution in [2.24, 2.45) is 0 Å². The van der Waals surface area contributed by atoms with Crippen LogP contribution in [0.3, 0.4) is 0 Å². The molecule has 0 saturated carbocycles. The minimum Gasteiger partial charge on any atom is -0.389 e. The van der Waals surface area contributed by atoms with Crippen LogP contribution in [-0.4, -0.2) is 20.5 Å². The van der Waals surface area contributed by atoms with Gasteiger partial charge in [-0.25, -0.2) is 4.39 Å². The van der Waals surface area contributed by atoms with Gasteiger partial charge in [0.25, 0.3) is 0 Å². The van der Waals surface area contributed by atoms with Crippen LogP contribution in [-0.2, 0) is 19.4 Å². The topological polar surface area (TPSA) is 38.0 Å². The van der Waals surface area contributed by atoms with Crippen LogP contribution in [0.4, 0.5) is 4.39 Å². The van der Waals surface area contributed by atoms with E-state index in [0.29, 0.717) is 12.8 Å². The second kappa shape index (κ2) is 6.28. The monoisotopic (exact) mass is 354 g/mol. The van der Waals surface area contributed by atoms with Crippen molar-refractivity contribution >= 4 is 15.9 Å². The van der Waals surface area contributed by atoms with Gasteiger partial charge in [0, 0.05) is 19.4 Å². The van der Waals surface area contributed by atoms with Gasteiger partial charge in [-0.2, -0.15) is 5.10 Å². The Morgan fingerprint density at radius 2 is 2.10 bits per heavy atom. The van der Waals surface area contributed by atoms with Crippen LogP contribution in [0.2, 0.25) is 0 Å². The summed E-state index contributed by atoms with van der Waals surface area (Å²) in [7, 11) is 0. The maximum atomic E-state index is 13.3. The van der Waals surface area contributed by atoms with Crippen LogP contribution >= 0.6 is 15.9 Å². The van der Waals surface area contributed by atoms with Gasteiger partial charge in [0.1, 0.15) is 5.82 Å². The van der Waals surface area contributed by atoms with Crippen molar-refractivity contribution in [2.75, 3.05) is 0 Å². The Bertz CT molecular complexity index is 637. The van der Waals surface area contributed by atoms with E-state index in [4.69, 9.17) is 0 Å². The van der Waals surface area contributed by atoms with Crippen molar-refractivity contribution in [3.05, 3.63) is 51.5 Å². The predicted molar refractivity (Wildman–Crippen MR) is 84.8 cm³/mol. The van der Waals surface area contributed by atoms with E-state index in [9.17, 15) is 9.50 Å². The van der Waals surface area contributed by atoms with Crippen molar-refractivity contribution in [1.82, 2.24) is 9.78 Å². The van der Waals surface area contributed by atoms with E-state index in [2.05, 4.69) is 21.0 Å². The molecule has 1 aromatic heterocycles. The van der Waals surface area contributed by atoms with Crippen LogP contribution in [0.15, 0.2) is 28.7 Å². The molecule has 0 aliphatic carbocycles. The van der Waals surface area contributed by atoms with E-state index in [1.54, 1.807) is 13.0 Å². The summed E-state index contributed by atoms with van der Waals surface area (Å²) in [4.78, 5) is 0. The molecular formula is C16H20BrFN2O. The first-order chi connectivity index (χ1) is 9.82. The minimum absolute atomic E-state index is 0.279. The molecule has 1 unspecified atom stereocenters. The summed E-state index contributed by atoms with van der Waals surface area (Å²) < 4.78 is 16.1. The summed E-state index contributed by atoms with van der Waals surface area (Å²) in [6, 6.07) is 6.36. The minimum atomic E-state index is -0.963. The first-order valence-corrected chi connectivity index (χ1v) is 7.80. The zero-order chi connectivity index (χ0) is 15.6. The molecular weight excluding hydrogens is 335 g/mol. The summed E-state index contributed by atoms with van der Waals surface area (Å²) in [5.74, 6) is -0.279. The zero-order valence-electron chi connectivity index (χ0n) is 12.5. The predicted octanol–water partition coefficient (Wildman–Crippen LogP) is 3.65. The quantitative estimate of drug-likeness (QED) is 0.889. The van der Waals surface area contributed by atoms with Gasteiger partial charge in [-0.1, -0.05) is 12.1 Å². The van der Waals surface area contributed by atoms with E-state index in [0.717, 1.165) is 28.0 Å². The molecule has 21 heavy (non-hydrogen) atoms. The average molecular weight is 355 g/mol. The highest BCUT2D eigenvalue weighted by Crippen LogP contribution is 2.27. The third-order valence-electron chi connectivity index (χ3n) is 3.48. The van der Waals surface area contributed by atoms with Crippen LogP contribution in [0, 0.1) is 12.7 Å². The van der Waals surface area contributed by atoms with E-state index in [-0.39, 0.29) is 5.82 Å². The number of aromatic nitrogens is 2. The molecule has 1 atom stereocenters. The maximum absolute atomic E-state index is 13.3. The Hall–Kier alpha value is -1.20. The molecule has 0 aliphatic rings. The van der Waals surface area contributed by atoms with Crippen molar-refractivity contribution in [2.45, 2.75) is 45.8 Å². The Kier molecular flexibility index (Phi) is 4.84. The first-order valence-electron chi connectivity index (χ1n) is 7.01. The second-order valence-corrected chi connectivity index (χ2v) is 6.44. The standard InChI is InChI=1S/C16H20BrFN2O/c1-4-20-14(15(17)11(2)19-20)10-16(3,21)9-12-6-5-7-13(18)8-12/h5-8,21H,4,9-10H2,1-3H3. The van der Waals surface area contributed by atoms with Crippen LogP contribution < -0.4 is 0 Å². The van der Waals surface area contributed by atoms with Gasteiger partial charge < -0.3 is 5.11 Å². The fourth-order valence-electron chi connectivity index (χ4n) is 2.55. The molecule has 0 bridgehead atoms. The van der Waals surface area contributed by atoms with E-state index >= 15 is 0 Å². The fourth-order valence-corrected chi connectivity index (χ4v) is 2.97. The molecule has 2 rings (SSSR count). The van der Waals surface area contributed by atoms with E-state index < -0.39 is 5.60 Å². The number of halogens is 2. The first kappa shape index (κ1) is 16.2. The Labute approximate surface area is 132 Å². The van der Waals surface area contributed by atoms with Gasteiger partial charge in [0.2, 0.25) is 0 Å². The molecule has 1 aromatic carbocycles.